The summed E-state index contributed by atoms with van der Waals surface area (Å²) in [6, 6.07) is -0.732. The molecule has 0 spiro atoms. The Morgan fingerprint density at radius 2 is 2.17 bits per heavy atom. The summed E-state index contributed by atoms with van der Waals surface area (Å²) in [5, 5.41) is 17.2. The molecule has 1 amide bonds. The standard InChI is InChI=1S/C7H11NO4/c9-4-6(10)8-3-1-2-5(8)7(11)12/h5,9H,1-4H2,(H,11,12)/t5-/m1/s1. The van der Waals surface area contributed by atoms with E-state index in [4.69, 9.17) is 10.2 Å². The Morgan fingerprint density at radius 3 is 2.67 bits per heavy atom. The number of likely N-dealkylation sites (tertiary alicyclic amines) is 1. The quantitative estimate of drug-likeness (QED) is 0.564. The van der Waals surface area contributed by atoms with Gasteiger partial charge in [0.25, 0.3) is 0 Å². The molecule has 2 N–H and O–H groups in total. The van der Waals surface area contributed by atoms with Gasteiger partial charge in [-0.25, -0.2) is 4.79 Å². The maximum absolute atomic E-state index is 10.9. The molecule has 1 atom stereocenters. The lowest BCUT2D eigenvalue weighted by atomic mass is 10.2. The van der Waals surface area contributed by atoms with E-state index in [1.165, 1.54) is 4.90 Å². The lowest BCUT2D eigenvalue weighted by Gasteiger charge is -2.19. The minimum atomic E-state index is -0.991. The molecule has 1 saturated heterocycles. The predicted octanol–water partition coefficient (Wildman–Crippen LogP) is -0.946. The Balaban J connectivity index is 2.63. The van der Waals surface area contributed by atoms with Gasteiger partial charge in [-0.1, -0.05) is 0 Å². The number of aliphatic hydroxyl groups is 1. The normalized spacial score (nSPS) is 22.8. The summed E-state index contributed by atoms with van der Waals surface area (Å²) >= 11 is 0. The summed E-state index contributed by atoms with van der Waals surface area (Å²) in [7, 11) is 0. The van der Waals surface area contributed by atoms with Crippen LogP contribution in [-0.2, 0) is 9.59 Å². The molecule has 0 bridgehead atoms. The van der Waals surface area contributed by atoms with Gasteiger partial charge in [0.2, 0.25) is 5.91 Å². The van der Waals surface area contributed by atoms with Crippen LogP contribution in [0.5, 0.6) is 0 Å². The lowest BCUT2D eigenvalue weighted by molar-refractivity contribution is -0.149. The van der Waals surface area contributed by atoms with Crippen LogP contribution in [0, 0.1) is 0 Å². The van der Waals surface area contributed by atoms with Gasteiger partial charge in [-0.2, -0.15) is 0 Å². The maximum atomic E-state index is 10.9. The van der Waals surface area contributed by atoms with Gasteiger partial charge in [0, 0.05) is 6.54 Å². The van der Waals surface area contributed by atoms with E-state index in [9.17, 15) is 9.59 Å². The van der Waals surface area contributed by atoms with Gasteiger partial charge in [-0.3, -0.25) is 4.79 Å². The summed E-state index contributed by atoms with van der Waals surface area (Å²) in [6.45, 7) is -0.167. The van der Waals surface area contributed by atoms with Crippen LogP contribution in [0.1, 0.15) is 12.8 Å². The highest BCUT2D eigenvalue weighted by atomic mass is 16.4. The van der Waals surface area contributed by atoms with Gasteiger partial charge in [0.05, 0.1) is 0 Å². The average molecular weight is 173 g/mol. The van der Waals surface area contributed by atoms with E-state index < -0.39 is 24.5 Å². The number of carbonyl (C=O) groups is 2. The van der Waals surface area contributed by atoms with Crippen molar-refractivity contribution in [1.82, 2.24) is 4.90 Å². The monoisotopic (exact) mass is 173 g/mol. The van der Waals surface area contributed by atoms with Gasteiger partial charge < -0.3 is 15.1 Å². The first-order valence-corrected chi connectivity index (χ1v) is 3.80. The first-order valence-electron chi connectivity index (χ1n) is 3.80. The van der Waals surface area contributed by atoms with Crippen LogP contribution in [0.25, 0.3) is 0 Å². The Labute approximate surface area is 69.6 Å². The van der Waals surface area contributed by atoms with Crippen molar-refractivity contribution >= 4 is 11.9 Å². The molecule has 0 aromatic rings. The topological polar surface area (TPSA) is 77.8 Å². The zero-order chi connectivity index (χ0) is 9.14. The second-order valence-corrected chi connectivity index (χ2v) is 2.74. The summed E-state index contributed by atoms with van der Waals surface area (Å²) in [4.78, 5) is 22.7. The van der Waals surface area contributed by atoms with Crippen LogP contribution in [-0.4, -0.2) is 46.2 Å². The van der Waals surface area contributed by atoms with Crippen LogP contribution in [0.4, 0.5) is 0 Å². The molecule has 0 aromatic heterocycles. The Morgan fingerprint density at radius 1 is 1.50 bits per heavy atom. The predicted molar refractivity (Wildman–Crippen MR) is 39.5 cm³/mol. The minimum Gasteiger partial charge on any atom is -0.480 e. The van der Waals surface area contributed by atoms with Crippen molar-refractivity contribution in [3.8, 4) is 0 Å². The summed E-state index contributed by atoms with van der Waals surface area (Å²) in [6.07, 6.45) is 1.18. The average Bonchev–Trinajstić information content (AvgIpc) is 2.50. The van der Waals surface area contributed by atoms with E-state index >= 15 is 0 Å². The highest BCUT2D eigenvalue weighted by molar-refractivity contribution is 5.84. The van der Waals surface area contributed by atoms with Crippen molar-refractivity contribution in [3.63, 3.8) is 0 Å². The van der Waals surface area contributed by atoms with Crippen molar-refractivity contribution < 1.29 is 19.8 Å². The number of carbonyl (C=O) groups excluding carboxylic acids is 1. The fourth-order valence-electron chi connectivity index (χ4n) is 1.41. The van der Waals surface area contributed by atoms with E-state index in [1.807, 2.05) is 0 Å². The zero-order valence-electron chi connectivity index (χ0n) is 6.56. The molecule has 0 saturated carbocycles. The number of aliphatic hydroxyl groups excluding tert-OH is 1. The van der Waals surface area contributed by atoms with Crippen LogP contribution in [0.2, 0.25) is 0 Å². The van der Waals surface area contributed by atoms with Crippen LogP contribution >= 0.6 is 0 Å². The maximum Gasteiger partial charge on any atom is 0.326 e. The number of hydrogen-bond acceptors (Lipinski definition) is 3. The van der Waals surface area contributed by atoms with Crippen molar-refractivity contribution in [2.24, 2.45) is 0 Å². The fourth-order valence-corrected chi connectivity index (χ4v) is 1.41. The number of nitrogens with zero attached hydrogens (tertiary/aromatic N) is 1. The third-order valence-electron chi connectivity index (χ3n) is 1.99. The Kier molecular flexibility index (Phi) is 2.65. The van der Waals surface area contributed by atoms with Gasteiger partial charge in [-0.15, -0.1) is 0 Å². The molecule has 1 aliphatic rings. The van der Waals surface area contributed by atoms with E-state index in [1.54, 1.807) is 0 Å². The van der Waals surface area contributed by atoms with Gasteiger partial charge in [0.15, 0.2) is 0 Å². The van der Waals surface area contributed by atoms with Crippen LogP contribution in [0.3, 0.4) is 0 Å². The highest BCUT2D eigenvalue weighted by Gasteiger charge is 2.33. The number of carboxylic acids is 1. The molecule has 0 aliphatic carbocycles. The van der Waals surface area contributed by atoms with Gasteiger partial charge >= 0.3 is 5.97 Å². The van der Waals surface area contributed by atoms with Gasteiger partial charge in [0.1, 0.15) is 12.6 Å². The Hall–Kier alpha value is -1.10. The summed E-state index contributed by atoms with van der Waals surface area (Å²) in [5.74, 6) is -1.49. The second kappa shape index (κ2) is 3.53. The van der Waals surface area contributed by atoms with Crippen LogP contribution in [0.15, 0.2) is 0 Å². The highest BCUT2D eigenvalue weighted by Crippen LogP contribution is 2.16. The first kappa shape index (κ1) is 8.99. The van der Waals surface area contributed by atoms with Crippen LogP contribution < -0.4 is 0 Å². The zero-order valence-corrected chi connectivity index (χ0v) is 6.56. The molecule has 1 rings (SSSR count). The molecule has 12 heavy (non-hydrogen) atoms. The largest absolute Gasteiger partial charge is 0.480 e. The molecule has 1 fully saturated rings. The third kappa shape index (κ3) is 1.55. The molecule has 0 aromatic carbocycles. The molecule has 5 nitrogen and oxygen atoms in total. The van der Waals surface area contributed by atoms with E-state index in [0.717, 1.165) is 0 Å². The van der Waals surface area contributed by atoms with Crippen molar-refractivity contribution in [2.75, 3.05) is 13.2 Å². The van der Waals surface area contributed by atoms with Crippen molar-refractivity contribution in [1.29, 1.82) is 0 Å². The Bertz CT molecular complexity index is 204. The first-order chi connectivity index (χ1) is 5.66. The molecule has 1 aliphatic heterocycles. The summed E-state index contributed by atoms with van der Waals surface area (Å²) < 4.78 is 0. The molecular weight excluding hydrogens is 162 g/mol. The molecule has 5 heteroatoms. The number of amides is 1. The number of aliphatic carboxylic acids is 1. The fraction of sp³-hybridized carbons (Fsp3) is 0.714. The SMILES string of the molecule is O=C(O)[C@H]1CCCN1C(=O)CO. The second-order valence-electron chi connectivity index (χ2n) is 2.74. The molecular formula is C7H11NO4. The smallest absolute Gasteiger partial charge is 0.326 e. The number of rotatable bonds is 2. The molecule has 1 heterocycles. The van der Waals surface area contributed by atoms with Gasteiger partial charge in [-0.05, 0) is 12.8 Å². The van der Waals surface area contributed by atoms with E-state index in [2.05, 4.69) is 0 Å². The number of hydrogen-bond donors (Lipinski definition) is 2. The van der Waals surface area contributed by atoms with Crippen molar-refractivity contribution in [2.45, 2.75) is 18.9 Å². The molecule has 68 valence electrons. The van der Waals surface area contributed by atoms with E-state index in [-0.39, 0.29) is 0 Å². The molecule has 0 unspecified atom stereocenters. The number of carboxylic acid groups (broad SMARTS) is 1. The molecule has 0 radical (unpaired) electrons. The lowest BCUT2D eigenvalue weighted by Crippen LogP contribution is -2.41. The summed E-state index contributed by atoms with van der Waals surface area (Å²) in [5.41, 5.74) is 0. The van der Waals surface area contributed by atoms with Crippen molar-refractivity contribution in [3.05, 3.63) is 0 Å². The minimum absolute atomic E-state index is 0.441. The van der Waals surface area contributed by atoms with E-state index in [0.29, 0.717) is 19.4 Å². The third-order valence-corrected chi connectivity index (χ3v) is 1.99.